The van der Waals surface area contributed by atoms with E-state index in [9.17, 15) is 14.9 Å². The highest BCUT2D eigenvalue weighted by Gasteiger charge is 2.40. The van der Waals surface area contributed by atoms with Crippen molar-refractivity contribution in [3.05, 3.63) is 33.9 Å². The molecule has 0 aliphatic heterocycles. The van der Waals surface area contributed by atoms with Crippen molar-refractivity contribution in [3.8, 4) is 0 Å². The normalized spacial score (nSPS) is 28.5. The van der Waals surface area contributed by atoms with Gasteiger partial charge in [-0.05, 0) is 43.6 Å². The van der Waals surface area contributed by atoms with Crippen LogP contribution in [-0.2, 0) is 0 Å². The molecule has 2 fully saturated rings. The highest BCUT2D eigenvalue weighted by atomic mass is 35.5. The summed E-state index contributed by atoms with van der Waals surface area (Å²) in [4.78, 5) is 23.0. The van der Waals surface area contributed by atoms with Gasteiger partial charge in [-0.3, -0.25) is 14.9 Å². The number of nitro benzene ring substituents is 1. The van der Waals surface area contributed by atoms with Gasteiger partial charge in [0.1, 0.15) is 5.69 Å². The lowest BCUT2D eigenvalue weighted by Crippen LogP contribution is -2.53. The Morgan fingerprint density at radius 3 is 2.46 bits per heavy atom. The van der Waals surface area contributed by atoms with E-state index in [0.717, 1.165) is 25.7 Å². The molecule has 1 aromatic carbocycles. The molecule has 3 rings (SSSR count). The summed E-state index contributed by atoms with van der Waals surface area (Å²) in [6, 6.07) is 4.62. The van der Waals surface area contributed by atoms with Crippen LogP contribution in [0.1, 0.15) is 42.5 Å². The van der Waals surface area contributed by atoms with Crippen molar-refractivity contribution in [1.82, 2.24) is 5.32 Å². The van der Waals surface area contributed by atoms with Crippen molar-refractivity contribution < 1.29 is 9.72 Å². The van der Waals surface area contributed by atoms with Gasteiger partial charge in [0.05, 0.1) is 10.5 Å². The zero-order chi connectivity index (χ0) is 16.6. The minimum absolute atomic E-state index is 0. The van der Waals surface area contributed by atoms with Gasteiger partial charge in [-0.2, -0.15) is 0 Å². The molecule has 2 bridgehead atoms. The van der Waals surface area contributed by atoms with Crippen molar-refractivity contribution in [2.75, 3.05) is 5.73 Å². The minimum atomic E-state index is -0.569. The molecule has 5 N–H and O–H groups in total. The van der Waals surface area contributed by atoms with Crippen molar-refractivity contribution in [2.24, 2.45) is 17.6 Å². The summed E-state index contributed by atoms with van der Waals surface area (Å²) in [7, 11) is 0. The predicted octanol–water partition coefficient (Wildman–Crippen LogP) is 2.23. The second-order valence-electron chi connectivity index (χ2n) is 6.68. The van der Waals surface area contributed by atoms with Crippen LogP contribution < -0.4 is 16.8 Å². The number of nitrogens with two attached hydrogens (primary N) is 2. The van der Waals surface area contributed by atoms with E-state index in [4.69, 9.17) is 11.5 Å². The number of para-hydroxylation sites is 1. The van der Waals surface area contributed by atoms with Crippen molar-refractivity contribution in [1.29, 1.82) is 0 Å². The van der Waals surface area contributed by atoms with E-state index in [1.807, 2.05) is 0 Å². The average molecular weight is 355 g/mol. The molecule has 0 saturated heterocycles. The van der Waals surface area contributed by atoms with Crippen LogP contribution in [0, 0.1) is 22.0 Å². The summed E-state index contributed by atoms with van der Waals surface area (Å²) < 4.78 is 0. The molecule has 2 unspecified atom stereocenters. The van der Waals surface area contributed by atoms with Crippen LogP contribution in [0.4, 0.5) is 11.4 Å². The summed E-state index contributed by atoms with van der Waals surface area (Å²) >= 11 is 0. The van der Waals surface area contributed by atoms with Crippen LogP contribution >= 0.6 is 12.4 Å². The maximum atomic E-state index is 12.6. The van der Waals surface area contributed by atoms with E-state index in [0.29, 0.717) is 11.8 Å². The third-order valence-corrected chi connectivity index (χ3v) is 5.20. The van der Waals surface area contributed by atoms with E-state index in [-0.39, 0.29) is 47.3 Å². The number of rotatable bonds is 3. The Labute approximate surface area is 146 Å². The summed E-state index contributed by atoms with van der Waals surface area (Å²) in [5.41, 5.74) is 11.8. The second kappa shape index (κ2) is 7.36. The van der Waals surface area contributed by atoms with Crippen LogP contribution in [0.5, 0.6) is 0 Å². The number of carbonyl (C=O) groups excluding carboxylic acids is 1. The maximum Gasteiger partial charge on any atom is 0.292 e. The fraction of sp³-hybridized carbons (Fsp3) is 0.562. The molecular formula is C16H23ClN4O3. The largest absolute Gasteiger partial charge is 0.393 e. The number of fused-ring (bicyclic) bond motifs is 2. The first kappa shape index (κ1) is 18.5. The van der Waals surface area contributed by atoms with Gasteiger partial charge in [-0.1, -0.05) is 12.5 Å². The molecule has 132 valence electrons. The summed E-state index contributed by atoms with van der Waals surface area (Å²) in [5, 5.41) is 14.0. The molecule has 0 heterocycles. The number of benzene rings is 1. The Bertz CT molecular complexity index is 626. The molecule has 0 aromatic heterocycles. The Hall–Kier alpha value is -1.86. The van der Waals surface area contributed by atoms with Gasteiger partial charge in [0.15, 0.2) is 0 Å². The van der Waals surface area contributed by atoms with Crippen LogP contribution in [0.3, 0.4) is 0 Å². The molecule has 2 aliphatic rings. The number of hydrogen-bond donors (Lipinski definition) is 3. The van der Waals surface area contributed by atoms with E-state index in [1.165, 1.54) is 24.6 Å². The number of amides is 1. The molecule has 8 heteroatoms. The van der Waals surface area contributed by atoms with Crippen molar-refractivity contribution >= 4 is 29.7 Å². The third-order valence-electron chi connectivity index (χ3n) is 5.20. The Kier molecular flexibility index (Phi) is 5.66. The van der Waals surface area contributed by atoms with Gasteiger partial charge >= 0.3 is 0 Å². The number of carbonyl (C=O) groups is 1. The van der Waals surface area contributed by atoms with E-state index >= 15 is 0 Å². The van der Waals surface area contributed by atoms with Crippen LogP contribution in [-0.4, -0.2) is 22.9 Å². The number of nitrogens with one attached hydrogen (secondary N) is 1. The molecule has 2 aliphatic carbocycles. The van der Waals surface area contributed by atoms with Gasteiger partial charge in [-0.25, -0.2) is 0 Å². The minimum Gasteiger partial charge on any atom is -0.393 e. The summed E-state index contributed by atoms with van der Waals surface area (Å²) in [6.07, 6.45) is 5.16. The molecule has 2 atom stereocenters. The molecule has 0 radical (unpaired) electrons. The fourth-order valence-electron chi connectivity index (χ4n) is 4.16. The monoisotopic (exact) mass is 354 g/mol. The van der Waals surface area contributed by atoms with Crippen molar-refractivity contribution in [3.63, 3.8) is 0 Å². The first-order valence-electron chi connectivity index (χ1n) is 8.06. The molecule has 24 heavy (non-hydrogen) atoms. The Morgan fingerprint density at radius 1 is 1.25 bits per heavy atom. The molecule has 1 aromatic rings. The molecule has 2 saturated carbocycles. The zero-order valence-electron chi connectivity index (χ0n) is 13.3. The quantitative estimate of drug-likeness (QED) is 0.436. The number of nitro groups is 1. The number of hydrogen-bond acceptors (Lipinski definition) is 5. The van der Waals surface area contributed by atoms with Crippen LogP contribution in [0.25, 0.3) is 0 Å². The van der Waals surface area contributed by atoms with Gasteiger partial charge in [-0.15, -0.1) is 12.4 Å². The zero-order valence-corrected chi connectivity index (χ0v) is 14.1. The molecule has 7 nitrogen and oxygen atoms in total. The maximum absolute atomic E-state index is 12.6. The smallest absolute Gasteiger partial charge is 0.292 e. The summed E-state index contributed by atoms with van der Waals surface area (Å²) in [5.74, 6) is 0.450. The number of halogens is 1. The number of nitrogen functional groups attached to an aromatic ring is 1. The SMILES string of the molecule is Cl.Nc1c(C(=O)NC2C3CCCC2CC(N)C3)cccc1[N+](=O)[O-]. The Morgan fingerprint density at radius 2 is 1.88 bits per heavy atom. The van der Waals surface area contributed by atoms with Gasteiger partial charge in [0, 0.05) is 18.2 Å². The molecule has 0 spiro atoms. The highest BCUT2D eigenvalue weighted by Crippen LogP contribution is 2.40. The van der Waals surface area contributed by atoms with E-state index in [2.05, 4.69) is 5.32 Å². The standard InChI is InChI=1S/C16H22N4O3.ClH/c17-11-7-9-3-1-4-10(8-11)15(9)19-16(21)12-5-2-6-13(14(12)18)20(22)23;/h2,5-6,9-11,15H,1,3-4,7-8,17-18H2,(H,19,21);1H. The van der Waals surface area contributed by atoms with Crippen molar-refractivity contribution in [2.45, 2.75) is 44.2 Å². The highest BCUT2D eigenvalue weighted by molar-refractivity contribution is 6.01. The molecule has 1 amide bonds. The first-order valence-corrected chi connectivity index (χ1v) is 8.06. The number of anilines is 1. The van der Waals surface area contributed by atoms with Gasteiger partial charge in [0.25, 0.3) is 11.6 Å². The van der Waals surface area contributed by atoms with Crippen LogP contribution in [0.15, 0.2) is 18.2 Å². The van der Waals surface area contributed by atoms with E-state index < -0.39 is 4.92 Å². The second-order valence-corrected chi connectivity index (χ2v) is 6.68. The molecular weight excluding hydrogens is 332 g/mol. The lowest BCUT2D eigenvalue weighted by molar-refractivity contribution is -0.383. The average Bonchev–Trinajstić information content (AvgIpc) is 2.48. The lowest BCUT2D eigenvalue weighted by atomic mass is 9.67. The third kappa shape index (κ3) is 3.47. The van der Waals surface area contributed by atoms with E-state index in [1.54, 1.807) is 0 Å². The first-order chi connectivity index (χ1) is 11.0. The lowest BCUT2D eigenvalue weighted by Gasteiger charge is -2.45. The predicted molar refractivity (Wildman–Crippen MR) is 94.1 cm³/mol. The fourth-order valence-corrected chi connectivity index (χ4v) is 4.16. The van der Waals surface area contributed by atoms with Gasteiger partial charge < -0.3 is 16.8 Å². The Balaban J connectivity index is 0.00000208. The van der Waals surface area contributed by atoms with Crippen LogP contribution in [0.2, 0.25) is 0 Å². The summed E-state index contributed by atoms with van der Waals surface area (Å²) in [6.45, 7) is 0. The topological polar surface area (TPSA) is 124 Å². The van der Waals surface area contributed by atoms with Gasteiger partial charge in [0.2, 0.25) is 0 Å². The number of nitrogens with zero attached hydrogens (tertiary/aromatic N) is 1.